The summed E-state index contributed by atoms with van der Waals surface area (Å²) in [5.74, 6) is 0. The quantitative estimate of drug-likeness (QED) is 0.394. The van der Waals surface area contributed by atoms with Crippen LogP contribution in [0.3, 0.4) is 0 Å². The third kappa shape index (κ3) is 3.89. The topological polar surface area (TPSA) is 76.7 Å². The molecule has 1 spiro atoms. The van der Waals surface area contributed by atoms with Crippen molar-refractivity contribution < 1.29 is 9.13 Å². The number of alkyl halides is 1. The molecule has 0 atom stereocenters. The smallest absolute Gasteiger partial charge is 0.260 e. The molecule has 3 aliphatic carbocycles. The summed E-state index contributed by atoms with van der Waals surface area (Å²) in [6.45, 7) is 5.70. The molecule has 2 saturated heterocycles. The fourth-order valence-electron chi connectivity index (χ4n) is 7.59. The maximum absolute atomic E-state index is 13.8. The van der Waals surface area contributed by atoms with E-state index in [0.717, 1.165) is 99.5 Å². The van der Waals surface area contributed by atoms with E-state index < -0.39 is 5.67 Å². The van der Waals surface area contributed by atoms with Gasteiger partial charge in [-0.15, -0.1) is 0 Å². The number of pyridine rings is 3. The lowest BCUT2D eigenvalue weighted by Gasteiger charge is -2.66. The van der Waals surface area contributed by atoms with E-state index in [-0.39, 0.29) is 11.0 Å². The molecule has 3 saturated carbocycles. The molecule has 8 nitrogen and oxygen atoms in total. The Balaban J connectivity index is 0.976. The van der Waals surface area contributed by atoms with Crippen LogP contribution in [0.2, 0.25) is 0 Å². The summed E-state index contributed by atoms with van der Waals surface area (Å²) < 4.78 is 23.1. The van der Waals surface area contributed by atoms with Gasteiger partial charge in [-0.25, -0.2) is 9.37 Å². The van der Waals surface area contributed by atoms with E-state index >= 15 is 0 Å². The SMILES string of the molecule is O=c1c2cncc(N3CC4(CCOCC4)C3)c2ccn1Cc1cn2cc(CNCC34CC(F)(C3)C4)ccc2n1. The Morgan fingerprint density at radius 1 is 1.03 bits per heavy atom. The van der Waals surface area contributed by atoms with E-state index in [0.29, 0.717) is 17.3 Å². The van der Waals surface area contributed by atoms with Crippen LogP contribution < -0.4 is 15.8 Å². The minimum Gasteiger partial charge on any atom is -0.381 e. The van der Waals surface area contributed by atoms with Crippen LogP contribution in [0.15, 0.2) is 54.0 Å². The maximum atomic E-state index is 13.8. The molecule has 0 unspecified atom stereocenters. The fraction of sp³-hybridized carbons (Fsp3) is 0.500. The number of hydrogen-bond acceptors (Lipinski definition) is 6. The second-order valence-corrected chi connectivity index (χ2v) is 12.7. The lowest BCUT2D eigenvalue weighted by Crippen LogP contribution is -2.67. The molecule has 2 aliphatic heterocycles. The highest BCUT2D eigenvalue weighted by Gasteiger charge is 2.68. The second-order valence-electron chi connectivity index (χ2n) is 12.7. The molecule has 9 heteroatoms. The summed E-state index contributed by atoms with van der Waals surface area (Å²) in [6, 6.07) is 6.13. The number of nitrogens with zero attached hydrogens (tertiary/aromatic N) is 5. The number of imidazole rings is 1. The van der Waals surface area contributed by atoms with Crippen molar-refractivity contribution in [1.82, 2.24) is 24.3 Å². The van der Waals surface area contributed by atoms with Gasteiger partial charge in [-0.3, -0.25) is 9.78 Å². The first-order valence-corrected chi connectivity index (χ1v) is 14.1. The van der Waals surface area contributed by atoms with Crippen LogP contribution in [0.5, 0.6) is 0 Å². The van der Waals surface area contributed by atoms with Crippen molar-refractivity contribution in [3.63, 3.8) is 0 Å². The number of anilines is 1. The molecular formula is C30H33FN6O2. The van der Waals surface area contributed by atoms with Crippen molar-refractivity contribution in [1.29, 1.82) is 0 Å². The van der Waals surface area contributed by atoms with E-state index in [1.165, 1.54) is 0 Å². The van der Waals surface area contributed by atoms with Gasteiger partial charge in [-0.05, 0) is 55.2 Å². The Morgan fingerprint density at radius 2 is 1.85 bits per heavy atom. The first-order valence-electron chi connectivity index (χ1n) is 14.1. The molecule has 0 radical (unpaired) electrons. The average Bonchev–Trinajstić information content (AvgIpc) is 3.29. The van der Waals surface area contributed by atoms with Gasteiger partial charge in [0.05, 0.1) is 29.5 Å². The molecule has 2 bridgehead atoms. The number of rotatable bonds is 7. The standard InChI is InChI=1S/C30H33FN6O2/c31-30-15-29(16-30,17-30)18-33-9-21-1-2-26-34-22(14-36(26)12-21)13-35-6-3-23-24(27(35)38)10-32-11-25(23)37-19-28(20-37)4-7-39-8-5-28/h1-3,6,10-12,14,33H,4-5,7-9,13,15-20H2. The molecule has 1 N–H and O–H groups in total. The molecule has 9 rings (SSSR count). The Hall–Kier alpha value is -3.30. The third-order valence-electron chi connectivity index (χ3n) is 9.62. The first-order chi connectivity index (χ1) is 18.9. The highest BCUT2D eigenvalue weighted by molar-refractivity contribution is 5.93. The zero-order valence-corrected chi connectivity index (χ0v) is 22.0. The maximum Gasteiger partial charge on any atom is 0.260 e. The van der Waals surface area contributed by atoms with Crippen LogP contribution in [-0.4, -0.2) is 57.5 Å². The Morgan fingerprint density at radius 3 is 2.64 bits per heavy atom. The van der Waals surface area contributed by atoms with Crippen LogP contribution in [0.25, 0.3) is 16.4 Å². The zero-order valence-electron chi connectivity index (χ0n) is 22.0. The number of ether oxygens (including phenoxy) is 1. The normalized spacial score (nSPS) is 26.9. The lowest BCUT2D eigenvalue weighted by atomic mass is 9.42. The number of aromatic nitrogens is 4. The fourth-order valence-corrected chi connectivity index (χ4v) is 7.59. The zero-order chi connectivity index (χ0) is 26.2. The van der Waals surface area contributed by atoms with Gasteiger partial charge in [0, 0.05) is 75.0 Å². The van der Waals surface area contributed by atoms with Crippen molar-refractivity contribution in [2.24, 2.45) is 10.8 Å². The molecule has 4 aromatic heterocycles. The van der Waals surface area contributed by atoms with Crippen molar-refractivity contribution >= 4 is 22.1 Å². The Kier molecular flexibility index (Phi) is 5.05. The number of hydrogen-bond donors (Lipinski definition) is 1. The molecule has 202 valence electrons. The van der Waals surface area contributed by atoms with E-state index in [2.05, 4.69) is 27.5 Å². The van der Waals surface area contributed by atoms with Crippen LogP contribution in [-0.2, 0) is 17.8 Å². The Labute approximate surface area is 225 Å². The largest absolute Gasteiger partial charge is 0.381 e. The van der Waals surface area contributed by atoms with E-state index in [9.17, 15) is 9.18 Å². The summed E-state index contributed by atoms with van der Waals surface area (Å²) in [5, 5.41) is 5.11. The molecule has 5 fully saturated rings. The number of nitrogens with one attached hydrogen (secondary N) is 1. The van der Waals surface area contributed by atoms with Gasteiger partial charge in [-0.1, -0.05) is 6.07 Å². The van der Waals surface area contributed by atoms with Crippen LogP contribution in [0.1, 0.15) is 43.4 Å². The van der Waals surface area contributed by atoms with Crippen molar-refractivity contribution in [2.75, 3.05) is 37.7 Å². The van der Waals surface area contributed by atoms with Crippen molar-refractivity contribution in [3.05, 3.63) is 70.8 Å². The van der Waals surface area contributed by atoms with E-state index in [1.807, 2.05) is 35.1 Å². The van der Waals surface area contributed by atoms with E-state index in [1.54, 1.807) is 10.8 Å². The highest BCUT2D eigenvalue weighted by Crippen LogP contribution is 2.69. The van der Waals surface area contributed by atoms with Gasteiger partial charge in [0.2, 0.25) is 0 Å². The monoisotopic (exact) mass is 528 g/mol. The van der Waals surface area contributed by atoms with Crippen LogP contribution in [0.4, 0.5) is 10.1 Å². The lowest BCUT2D eigenvalue weighted by molar-refractivity contribution is -0.209. The molecule has 39 heavy (non-hydrogen) atoms. The summed E-state index contributed by atoms with van der Waals surface area (Å²) in [6.07, 6.45) is 13.9. The molecular weight excluding hydrogens is 495 g/mol. The highest BCUT2D eigenvalue weighted by atomic mass is 19.1. The van der Waals surface area contributed by atoms with Gasteiger partial charge < -0.3 is 23.9 Å². The van der Waals surface area contributed by atoms with Gasteiger partial charge in [0.15, 0.2) is 0 Å². The summed E-state index contributed by atoms with van der Waals surface area (Å²) in [4.78, 5) is 25.0. The number of fused-ring (bicyclic) bond motifs is 2. The molecule has 6 heterocycles. The minimum atomic E-state index is -0.845. The predicted molar refractivity (Wildman–Crippen MR) is 147 cm³/mol. The second kappa shape index (κ2) is 8.35. The molecule has 0 amide bonds. The third-order valence-corrected chi connectivity index (χ3v) is 9.62. The van der Waals surface area contributed by atoms with Crippen LogP contribution >= 0.6 is 0 Å². The van der Waals surface area contributed by atoms with E-state index in [4.69, 9.17) is 9.72 Å². The van der Waals surface area contributed by atoms with Gasteiger partial charge in [-0.2, -0.15) is 0 Å². The van der Waals surface area contributed by atoms with Gasteiger partial charge in [0.25, 0.3) is 5.56 Å². The number of halogens is 1. The van der Waals surface area contributed by atoms with Crippen molar-refractivity contribution in [3.8, 4) is 0 Å². The molecule has 4 aromatic rings. The summed E-state index contributed by atoms with van der Waals surface area (Å²) in [5.41, 5.74) is 3.54. The van der Waals surface area contributed by atoms with Gasteiger partial charge >= 0.3 is 0 Å². The summed E-state index contributed by atoms with van der Waals surface area (Å²) in [7, 11) is 0. The van der Waals surface area contributed by atoms with Gasteiger partial charge in [0.1, 0.15) is 11.3 Å². The molecule has 5 aliphatic rings. The first kappa shape index (κ1) is 23.6. The minimum absolute atomic E-state index is 0.0474. The molecule has 0 aromatic carbocycles. The van der Waals surface area contributed by atoms with Crippen molar-refractivity contribution in [2.45, 2.75) is 50.9 Å². The summed E-state index contributed by atoms with van der Waals surface area (Å²) >= 11 is 0. The Bertz CT molecular complexity index is 1630. The predicted octanol–water partition coefficient (Wildman–Crippen LogP) is 3.69. The van der Waals surface area contributed by atoms with Crippen LogP contribution in [0, 0.1) is 10.8 Å². The average molecular weight is 529 g/mol.